The van der Waals surface area contributed by atoms with E-state index in [4.69, 9.17) is 5.26 Å². The van der Waals surface area contributed by atoms with E-state index in [9.17, 15) is 13.2 Å². The molecule has 0 aromatic carbocycles. The van der Waals surface area contributed by atoms with Crippen LogP contribution in [0.1, 0.15) is 41.7 Å². The fourth-order valence-corrected chi connectivity index (χ4v) is 5.81. The van der Waals surface area contributed by atoms with Gasteiger partial charge in [0, 0.05) is 12.1 Å². The second-order valence-corrected chi connectivity index (χ2v) is 7.97. The van der Waals surface area contributed by atoms with Gasteiger partial charge in [0.15, 0.2) is 21.3 Å². The normalized spacial score (nSPS) is 30.6. The van der Waals surface area contributed by atoms with Crippen LogP contribution in [0.3, 0.4) is 0 Å². The van der Waals surface area contributed by atoms with Crippen molar-refractivity contribution in [2.75, 3.05) is 0 Å². The van der Waals surface area contributed by atoms with Crippen LogP contribution in [0.4, 0.5) is 0 Å². The van der Waals surface area contributed by atoms with Gasteiger partial charge in [0.2, 0.25) is 0 Å². The number of ketones is 1. The van der Waals surface area contributed by atoms with Crippen LogP contribution < -0.4 is 0 Å². The molecule has 0 N–H and O–H groups in total. The molecule has 3 rings (SSSR count). The van der Waals surface area contributed by atoms with Crippen molar-refractivity contribution in [1.29, 1.82) is 5.26 Å². The molecule has 5 nitrogen and oxygen atoms in total. The molecule has 2 bridgehead atoms. The molecule has 2 aliphatic rings. The smallest absolute Gasteiger partial charge is 0.168 e. The van der Waals surface area contributed by atoms with Crippen molar-refractivity contribution in [2.45, 2.75) is 36.2 Å². The van der Waals surface area contributed by atoms with Gasteiger partial charge < -0.3 is 0 Å². The van der Waals surface area contributed by atoms with E-state index in [0.717, 1.165) is 0 Å². The molecule has 0 amide bonds. The fraction of sp³-hybridized carbons (Fsp3) is 0.500. The summed E-state index contributed by atoms with van der Waals surface area (Å²) in [7, 11) is -3.03. The topological polar surface area (TPSA) is 87.9 Å². The van der Waals surface area contributed by atoms with Crippen molar-refractivity contribution in [3.63, 3.8) is 0 Å². The number of nitriles is 1. The van der Waals surface area contributed by atoms with Crippen LogP contribution in [0, 0.1) is 17.2 Å². The highest BCUT2D eigenvalue weighted by Gasteiger charge is 2.48. The first kappa shape index (κ1) is 13.3. The number of nitrogens with zero attached hydrogens (tertiary/aromatic N) is 2. The number of hydrogen-bond acceptors (Lipinski definition) is 5. The monoisotopic (exact) mass is 290 g/mol. The first-order valence-electron chi connectivity index (χ1n) is 6.66. The number of hydrogen-bond donors (Lipinski definition) is 0. The second kappa shape index (κ2) is 4.67. The standard InChI is InChI=1S/C14H14N2O3S/c15-8-13-12(2-1-5-16-13)14(17)9-6-10-3-4-11(7-9)20(10,18)19/h1-2,5,9-11H,3-4,6-7H2. The molecule has 2 atom stereocenters. The van der Waals surface area contributed by atoms with Crippen LogP contribution >= 0.6 is 0 Å². The lowest BCUT2D eigenvalue weighted by Gasteiger charge is -2.27. The minimum absolute atomic E-state index is 0.123. The molecule has 2 saturated heterocycles. The zero-order valence-corrected chi connectivity index (χ0v) is 11.6. The lowest BCUT2D eigenvalue weighted by molar-refractivity contribution is 0.0904. The predicted molar refractivity (Wildman–Crippen MR) is 71.7 cm³/mol. The maximum absolute atomic E-state index is 12.5. The average Bonchev–Trinajstić information content (AvgIpc) is 2.66. The highest BCUT2D eigenvalue weighted by atomic mass is 32.2. The molecule has 2 fully saturated rings. The van der Waals surface area contributed by atoms with Gasteiger partial charge >= 0.3 is 0 Å². The molecule has 0 radical (unpaired) electrons. The molecule has 2 unspecified atom stereocenters. The number of aromatic nitrogens is 1. The molecule has 3 heterocycles. The quantitative estimate of drug-likeness (QED) is 0.770. The van der Waals surface area contributed by atoms with E-state index < -0.39 is 9.84 Å². The lowest BCUT2D eigenvalue weighted by atomic mass is 9.90. The van der Waals surface area contributed by atoms with Crippen molar-refractivity contribution >= 4 is 15.6 Å². The van der Waals surface area contributed by atoms with Crippen LogP contribution in [0.25, 0.3) is 0 Å². The maximum atomic E-state index is 12.5. The first-order chi connectivity index (χ1) is 9.54. The third-order valence-corrected chi connectivity index (χ3v) is 7.10. The summed E-state index contributed by atoms with van der Waals surface area (Å²) >= 11 is 0. The van der Waals surface area contributed by atoms with Gasteiger partial charge in [-0.25, -0.2) is 13.4 Å². The number of pyridine rings is 1. The zero-order valence-electron chi connectivity index (χ0n) is 10.8. The third-order valence-electron chi connectivity index (χ3n) is 4.38. The largest absolute Gasteiger partial charge is 0.294 e. The number of fused-ring (bicyclic) bond motifs is 2. The zero-order chi connectivity index (χ0) is 14.3. The van der Waals surface area contributed by atoms with E-state index >= 15 is 0 Å². The molecule has 2 aliphatic heterocycles. The van der Waals surface area contributed by atoms with Crippen molar-refractivity contribution in [2.24, 2.45) is 5.92 Å². The van der Waals surface area contributed by atoms with E-state index in [-0.39, 0.29) is 27.9 Å². The van der Waals surface area contributed by atoms with Crippen LogP contribution in [0.2, 0.25) is 0 Å². The van der Waals surface area contributed by atoms with E-state index in [0.29, 0.717) is 31.2 Å². The maximum Gasteiger partial charge on any atom is 0.168 e. The summed E-state index contributed by atoms with van der Waals surface area (Å²) < 4.78 is 24.1. The van der Waals surface area contributed by atoms with Gasteiger partial charge in [-0.15, -0.1) is 0 Å². The Morgan fingerprint density at radius 1 is 1.30 bits per heavy atom. The summed E-state index contributed by atoms with van der Waals surface area (Å²) in [5, 5.41) is 8.25. The van der Waals surface area contributed by atoms with Crippen LogP contribution in [-0.2, 0) is 9.84 Å². The lowest BCUT2D eigenvalue weighted by Crippen LogP contribution is -2.36. The summed E-state index contributed by atoms with van der Waals surface area (Å²) in [6.07, 6.45) is 3.57. The molecule has 20 heavy (non-hydrogen) atoms. The molecular formula is C14H14N2O3S. The molecular weight excluding hydrogens is 276 g/mol. The molecule has 0 saturated carbocycles. The van der Waals surface area contributed by atoms with Crippen molar-refractivity contribution in [3.8, 4) is 6.07 Å². The molecule has 1 aromatic rings. The third kappa shape index (κ3) is 1.93. The Hall–Kier alpha value is -1.74. The minimum Gasteiger partial charge on any atom is -0.294 e. The highest BCUT2D eigenvalue weighted by molar-refractivity contribution is 7.93. The van der Waals surface area contributed by atoms with Crippen molar-refractivity contribution < 1.29 is 13.2 Å². The second-order valence-electron chi connectivity index (χ2n) is 5.45. The number of Topliss-reactive ketones (excluding diaryl/α,β-unsaturated/α-hetero) is 1. The summed E-state index contributed by atoms with van der Waals surface area (Å²) in [5.41, 5.74) is 0.442. The minimum atomic E-state index is -3.03. The summed E-state index contributed by atoms with van der Waals surface area (Å²) in [4.78, 5) is 16.4. The van der Waals surface area contributed by atoms with Gasteiger partial charge in [-0.3, -0.25) is 4.79 Å². The average molecular weight is 290 g/mol. The first-order valence-corrected chi connectivity index (χ1v) is 8.27. The molecule has 0 spiro atoms. The van der Waals surface area contributed by atoms with E-state index in [1.807, 2.05) is 6.07 Å². The fourth-order valence-electron chi connectivity index (χ4n) is 3.33. The van der Waals surface area contributed by atoms with Gasteiger partial charge in [0.1, 0.15) is 6.07 Å². The Bertz CT molecular complexity index is 685. The van der Waals surface area contributed by atoms with Crippen molar-refractivity contribution in [3.05, 3.63) is 29.6 Å². The SMILES string of the molecule is N#Cc1ncccc1C(=O)C1CC2CCC(C1)S2(=O)=O. The predicted octanol–water partition coefficient (Wildman–Crippen LogP) is 1.49. The Balaban J connectivity index is 1.89. The van der Waals surface area contributed by atoms with E-state index in [1.165, 1.54) is 6.20 Å². The Kier molecular flexibility index (Phi) is 3.09. The summed E-state index contributed by atoms with van der Waals surface area (Å²) in [5.74, 6) is -0.436. The molecule has 6 heteroatoms. The van der Waals surface area contributed by atoms with Gasteiger partial charge in [-0.05, 0) is 37.8 Å². The van der Waals surface area contributed by atoms with E-state index in [1.54, 1.807) is 12.1 Å². The highest BCUT2D eigenvalue weighted by Crippen LogP contribution is 2.42. The Labute approximate surface area is 117 Å². The number of carbonyl (C=O) groups is 1. The summed E-state index contributed by atoms with van der Waals surface area (Å²) in [6.45, 7) is 0. The Morgan fingerprint density at radius 2 is 1.95 bits per heavy atom. The number of rotatable bonds is 2. The van der Waals surface area contributed by atoms with Crippen LogP contribution in [-0.4, -0.2) is 29.7 Å². The molecule has 0 aliphatic carbocycles. The number of sulfone groups is 1. The van der Waals surface area contributed by atoms with Gasteiger partial charge in [0.05, 0.1) is 16.1 Å². The van der Waals surface area contributed by atoms with Crippen LogP contribution in [0.15, 0.2) is 18.3 Å². The van der Waals surface area contributed by atoms with Crippen LogP contribution in [0.5, 0.6) is 0 Å². The summed E-state index contributed by atoms with van der Waals surface area (Å²) in [6, 6.07) is 5.14. The van der Waals surface area contributed by atoms with Crippen molar-refractivity contribution in [1.82, 2.24) is 4.98 Å². The van der Waals surface area contributed by atoms with Gasteiger partial charge in [-0.1, -0.05) is 0 Å². The van der Waals surface area contributed by atoms with Gasteiger partial charge in [-0.2, -0.15) is 5.26 Å². The van der Waals surface area contributed by atoms with E-state index in [2.05, 4.69) is 4.98 Å². The molecule has 1 aromatic heterocycles. The molecule has 104 valence electrons. The van der Waals surface area contributed by atoms with Gasteiger partial charge in [0.25, 0.3) is 0 Å². The Morgan fingerprint density at radius 3 is 2.55 bits per heavy atom. The number of carbonyl (C=O) groups excluding carboxylic acids is 1.